The van der Waals surface area contributed by atoms with Crippen LogP contribution in [0.2, 0.25) is 0 Å². The lowest BCUT2D eigenvalue weighted by molar-refractivity contribution is 0.0601. The minimum absolute atomic E-state index is 0.131. The largest absolute Gasteiger partial charge is 0.465 e. The third-order valence-corrected chi connectivity index (χ3v) is 3.80. The Bertz CT molecular complexity index is 695. The first-order chi connectivity index (χ1) is 9.69. The number of hydrogen-bond donors (Lipinski definition) is 2. The molecule has 1 aliphatic heterocycles. The van der Waals surface area contributed by atoms with Crippen LogP contribution in [0.5, 0.6) is 0 Å². The van der Waals surface area contributed by atoms with Gasteiger partial charge in [-0.05, 0) is 43.6 Å². The van der Waals surface area contributed by atoms with E-state index in [-0.39, 0.29) is 5.69 Å². The number of nitrogens with zero attached hydrogens (tertiary/aromatic N) is 1. The van der Waals surface area contributed by atoms with Gasteiger partial charge in [0.05, 0.1) is 23.7 Å². The number of nitrogens with one attached hydrogen (secondary N) is 2. The number of methoxy groups -OCH3 is 1. The summed E-state index contributed by atoms with van der Waals surface area (Å²) >= 11 is 0. The zero-order chi connectivity index (χ0) is 14.1. The maximum atomic E-state index is 12.0. The van der Waals surface area contributed by atoms with Crippen molar-refractivity contribution in [3.63, 3.8) is 0 Å². The normalized spacial score (nSPS) is 18.6. The van der Waals surface area contributed by atoms with Crippen molar-refractivity contribution in [3.05, 3.63) is 34.2 Å². The van der Waals surface area contributed by atoms with Crippen molar-refractivity contribution in [2.24, 2.45) is 5.92 Å². The molecule has 6 heteroatoms. The van der Waals surface area contributed by atoms with E-state index in [9.17, 15) is 9.59 Å². The zero-order valence-electron chi connectivity index (χ0n) is 11.3. The second kappa shape index (κ2) is 5.13. The first kappa shape index (κ1) is 12.9. The number of hydrogen-bond acceptors (Lipinski definition) is 4. The van der Waals surface area contributed by atoms with Crippen LogP contribution in [0.4, 0.5) is 0 Å². The molecule has 1 atom stereocenters. The van der Waals surface area contributed by atoms with Crippen molar-refractivity contribution in [2.45, 2.75) is 13.0 Å². The molecule has 1 aromatic heterocycles. The van der Waals surface area contributed by atoms with Gasteiger partial charge in [0.2, 0.25) is 0 Å². The van der Waals surface area contributed by atoms with Crippen molar-refractivity contribution in [1.82, 2.24) is 14.9 Å². The standard InChI is InChI=1S/C14H17N3O3/c1-20-13(18)10-2-3-11-12(6-10)17(14(19)16-11)8-9-4-5-15-7-9/h2-3,6,9,15H,4-5,7-8H2,1H3,(H,16,19). The first-order valence-corrected chi connectivity index (χ1v) is 6.70. The van der Waals surface area contributed by atoms with E-state index in [1.54, 1.807) is 22.8 Å². The molecule has 0 bridgehead atoms. The highest BCUT2D eigenvalue weighted by Gasteiger charge is 2.18. The second-order valence-electron chi connectivity index (χ2n) is 5.12. The summed E-state index contributed by atoms with van der Waals surface area (Å²) in [6, 6.07) is 5.11. The SMILES string of the molecule is COC(=O)c1ccc2[nH]c(=O)n(CC3CCNC3)c2c1. The van der Waals surface area contributed by atoms with Crippen molar-refractivity contribution in [3.8, 4) is 0 Å². The van der Waals surface area contributed by atoms with Gasteiger partial charge in [-0.3, -0.25) is 4.57 Å². The van der Waals surface area contributed by atoms with Gasteiger partial charge in [-0.25, -0.2) is 9.59 Å². The Morgan fingerprint density at radius 2 is 2.35 bits per heavy atom. The highest BCUT2D eigenvalue weighted by atomic mass is 16.5. The molecule has 2 N–H and O–H groups in total. The minimum Gasteiger partial charge on any atom is -0.465 e. The molecule has 1 aromatic carbocycles. The van der Waals surface area contributed by atoms with Gasteiger partial charge in [-0.2, -0.15) is 0 Å². The summed E-state index contributed by atoms with van der Waals surface area (Å²) in [6.45, 7) is 2.58. The molecule has 0 spiro atoms. The first-order valence-electron chi connectivity index (χ1n) is 6.70. The molecule has 1 unspecified atom stereocenters. The molecule has 1 aliphatic rings. The quantitative estimate of drug-likeness (QED) is 0.810. The van der Waals surface area contributed by atoms with E-state index >= 15 is 0 Å². The molecule has 1 saturated heterocycles. The Hall–Kier alpha value is -2.08. The van der Waals surface area contributed by atoms with Gasteiger partial charge >= 0.3 is 11.7 Å². The lowest BCUT2D eigenvalue weighted by Crippen LogP contribution is -2.23. The summed E-state index contributed by atoms with van der Waals surface area (Å²) in [7, 11) is 1.35. The zero-order valence-corrected chi connectivity index (χ0v) is 11.3. The monoisotopic (exact) mass is 275 g/mol. The van der Waals surface area contributed by atoms with Crippen LogP contribution < -0.4 is 11.0 Å². The maximum Gasteiger partial charge on any atom is 0.337 e. The van der Waals surface area contributed by atoms with Crippen LogP contribution in [0.3, 0.4) is 0 Å². The number of fused-ring (bicyclic) bond motifs is 1. The third kappa shape index (κ3) is 2.22. The fourth-order valence-electron chi connectivity index (χ4n) is 2.71. The number of aromatic amines is 1. The van der Waals surface area contributed by atoms with Crippen molar-refractivity contribution >= 4 is 17.0 Å². The van der Waals surface area contributed by atoms with Gasteiger partial charge in [0.25, 0.3) is 0 Å². The van der Waals surface area contributed by atoms with Crippen LogP contribution in [0, 0.1) is 5.92 Å². The topological polar surface area (TPSA) is 76.1 Å². The number of aromatic nitrogens is 2. The van der Waals surface area contributed by atoms with Crippen LogP contribution in [-0.2, 0) is 11.3 Å². The molecule has 1 fully saturated rings. The number of rotatable bonds is 3. The number of imidazole rings is 1. The van der Waals surface area contributed by atoms with Crippen LogP contribution >= 0.6 is 0 Å². The van der Waals surface area contributed by atoms with E-state index in [4.69, 9.17) is 4.74 Å². The number of carbonyl (C=O) groups is 1. The fraction of sp³-hybridized carbons (Fsp3) is 0.429. The highest BCUT2D eigenvalue weighted by Crippen LogP contribution is 2.17. The summed E-state index contributed by atoms with van der Waals surface area (Å²) in [6.07, 6.45) is 1.07. The van der Waals surface area contributed by atoms with E-state index in [1.807, 2.05) is 0 Å². The second-order valence-corrected chi connectivity index (χ2v) is 5.12. The Labute approximate surface area is 115 Å². The molecule has 6 nitrogen and oxygen atoms in total. The molecular weight excluding hydrogens is 258 g/mol. The Kier molecular flexibility index (Phi) is 3.31. The molecule has 2 aromatic rings. The summed E-state index contributed by atoms with van der Waals surface area (Å²) in [5.41, 5.74) is 1.82. The molecule has 0 aliphatic carbocycles. The van der Waals surface area contributed by atoms with Crippen molar-refractivity contribution in [1.29, 1.82) is 0 Å². The van der Waals surface area contributed by atoms with E-state index in [0.29, 0.717) is 18.0 Å². The van der Waals surface area contributed by atoms with Gasteiger partial charge in [-0.15, -0.1) is 0 Å². The molecule has 20 heavy (non-hydrogen) atoms. The van der Waals surface area contributed by atoms with Crippen LogP contribution in [0.25, 0.3) is 11.0 Å². The van der Waals surface area contributed by atoms with Gasteiger partial charge < -0.3 is 15.0 Å². The Morgan fingerprint density at radius 1 is 1.50 bits per heavy atom. The molecule has 0 radical (unpaired) electrons. The van der Waals surface area contributed by atoms with Crippen LogP contribution in [0.15, 0.2) is 23.0 Å². The van der Waals surface area contributed by atoms with Crippen LogP contribution in [-0.4, -0.2) is 35.7 Å². The molecule has 2 heterocycles. The average molecular weight is 275 g/mol. The summed E-state index contributed by atoms with van der Waals surface area (Å²) in [5.74, 6) is 0.0584. The lowest BCUT2D eigenvalue weighted by atomic mass is 10.1. The maximum absolute atomic E-state index is 12.0. The number of carbonyl (C=O) groups excluding carboxylic acids is 1. The van der Waals surface area contributed by atoms with Crippen LogP contribution in [0.1, 0.15) is 16.8 Å². The van der Waals surface area contributed by atoms with E-state index in [0.717, 1.165) is 30.5 Å². The van der Waals surface area contributed by atoms with Crippen molar-refractivity contribution in [2.75, 3.05) is 20.2 Å². The predicted octanol–water partition coefficient (Wildman–Crippen LogP) is 0.726. The number of benzene rings is 1. The number of esters is 1. The third-order valence-electron chi connectivity index (χ3n) is 3.80. The van der Waals surface area contributed by atoms with Gasteiger partial charge in [0, 0.05) is 6.54 Å². The lowest BCUT2D eigenvalue weighted by Gasteiger charge is -2.09. The predicted molar refractivity (Wildman–Crippen MR) is 74.9 cm³/mol. The molecular formula is C14H17N3O3. The molecule has 0 amide bonds. The smallest absolute Gasteiger partial charge is 0.337 e. The van der Waals surface area contributed by atoms with E-state index in [1.165, 1.54) is 7.11 Å². The summed E-state index contributed by atoms with van der Waals surface area (Å²) in [5, 5.41) is 3.29. The minimum atomic E-state index is -0.394. The Morgan fingerprint density at radius 3 is 3.05 bits per heavy atom. The van der Waals surface area contributed by atoms with Crippen molar-refractivity contribution < 1.29 is 9.53 Å². The van der Waals surface area contributed by atoms with Gasteiger partial charge in [-0.1, -0.05) is 0 Å². The average Bonchev–Trinajstić information content (AvgIpc) is 3.07. The van der Waals surface area contributed by atoms with Gasteiger partial charge in [0.15, 0.2) is 0 Å². The van der Waals surface area contributed by atoms with Gasteiger partial charge in [0.1, 0.15) is 0 Å². The Balaban J connectivity index is 2.02. The fourth-order valence-corrected chi connectivity index (χ4v) is 2.71. The highest BCUT2D eigenvalue weighted by molar-refractivity contribution is 5.93. The van der Waals surface area contributed by atoms with E-state index in [2.05, 4.69) is 10.3 Å². The number of H-pyrrole nitrogens is 1. The number of ether oxygens (including phenoxy) is 1. The molecule has 0 saturated carbocycles. The summed E-state index contributed by atoms with van der Waals surface area (Å²) in [4.78, 5) is 26.5. The summed E-state index contributed by atoms with van der Waals surface area (Å²) < 4.78 is 6.43. The van der Waals surface area contributed by atoms with E-state index < -0.39 is 5.97 Å². The molecule has 106 valence electrons. The molecule has 3 rings (SSSR count).